The van der Waals surface area contributed by atoms with Crippen LogP contribution in [0.5, 0.6) is 0 Å². The smallest absolute Gasteiger partial charge is 0.475 e. The van der Waals surface area contributed by atoms with Crippen LogP contribution in [0.25, 0.3) is 0 Å². The standard InChI is InChI=1S/C28H30Br2F6N4O3.2C2HF3O2/c29-21-11-18(12-22(30)14-21)16-26(15-17-9-19(27(31,32)33)13-20(10-17)28(34,35)36)23(41)39(7-3-1-5-37)25(43)40(24(26)42)8-4-2-6-38;2*3-2(4,5)1(6)7/h9-14H,1-8,15-16,37-38H2;2*(H,6,7). The molecule has 1 aliphatic heterocycles. The minimum Gasteiger partial charge on any atom is -0.475 e. The van der Waals surface area contributed by atoms with E-state index in [4.69, 9.17) is 31.3 Å². The van der Waals surface area contributed by atoms with Crippen molar-refractivity contribution in [1.29, 1.82) is 0 Å². The summed E-state index contributed by atoms with van der Waals surface area (Å²) in [7, 11) is 0. The largest absolute Gasteiger partial charge is 0.490 e. The second-order valence-electron chi connectivity index (χ2n) is 11.9. The predicted octanol–water partition coefficient (Wildman–Crippen LogP) is 7.56. The first-order valence-corrected chi connectivity index (χ1v) is 17.4. The third-order valence-corrected chi connectivity index (χ3v) is 8.42. The minimum absolute atomic E-state index is 0.0200. The zero-order valence-corrected chi connectivity index (χ0v) is 32.0. The van der Waals surface area contributed by atoms with Crippen molar-refractivity contribution in [1.82, 2.24) is 9.80 Å². The van der Waals surface area contributed by atoms with E-state index in [1.807, 2.05) is 0 Å². The first-order valence-electron chi connectivity index (χ1n) is 15.8. The molecule has 0 atom stereocenters. The lowest BCUT2D eigenvalue weighted by molar-refractivity contribution is -0.193. The lowest BCUT2D eigenvalue weighted by Gasteiger charge is -2.44. The van der Waals surface area contributed by atoms with Gasteiger partial charge in [0.05, 0.1) is 11.1 Å². The van der Waals surface area contributed by atoms with E-state index in [1.54, 1.807) is 18.2 Å². The molecule has 0 radical (unpaired) electrons. The first kappa shape index (κ1) is 51.0. The molecule has 0 aliphatic carbocycles. The molecule has 4 amide bonds. The summed E-state index contributed by atoms with van der Waals surface area (Å²) < 4.78 is 147. The monoisotopic (exact) mass is 970 g/mol. The van der Waals surface area contributed by atoms with Crippen molar-refractivity contribution in [2.75, 3.05) is 26.2 Å². The Kier molecular flexibility index (Phi) is 18.5. The van der Waals surface area contributed by atoms with Crippen LogP contribution < -0.4 is 11.5 Å². The van der Waals surface area contributed by atoms with Gasteiger partial charge in [-0.2, -0.15) is 52.7 Å². The Morgan fingerprint density at radius 2 is 0.895 bits per heavy atom. The van der Waals surface area contributed by atoms with Crippen LogP contribution in [0.2, 0.25) is 0 Å². The van der Waals surface area contributed by atoms with Crippen LogP contribution in [-0.2, 0) is 44.4 Å². The van der Waals surface area contributed by atoms with Gasteiger partial charge in [0.2, 0.25) is 11.8 Å². The molecule has 0 aromatic heterocycles. The van der Waals surface area contributed by atoms with Crippen molar-refractivity contribution >= 4 is 61.6 Å². The number of nitrogens with two attached hydrogens (primary N) is 2. The molecule has 2 aromatic rings. The average molecular weight is 972 g/mol. The van der Waals surface area contributed by atoms with Gasteiger partial charge in [0.25, 0.3) is 0 Å². The summed E-state index contributed by atoms with van der Waals surface area (Å²) in [5, 5.41) is 14.2. The molecule has 11 nitrogen and oxygen atoms in total. The van der Waals surface area contributed by atoms with Gasteiger partial charge in [0.15, 0.2) is 0 Å². The van der Waals surface area contributed by atoms with E-state index in [9.17, 15) is 67.1 Å². The van der Waals surface area contributed by atoms with Crippen molar-refractivity contribution in [2.45, 2.75) is 63.2 Å². The van der Waals surface area contributed by atoms with Gasteiger partial charge in [-0.3, -0.25) is 19.4 Å². The highest BCUT2D eigenvalue weighted by atomic mass is 79.9. The number of urea groups is 1. The van der Waals surface area contributed by atoms with Crippen LogP contribution in [0, 0.1) is 5.41 Å². The van der Waals surface area contributed by atoms with Crippen LogP contribution >= 0.6 is 31.9 Å². The van der Waals surface area contributed by atoms with Crippen LogP contribution in [0.4, 0.5) is 57.5 Å². The number of imide groups is 2. The van der Waals surface area contributed by atoms with E-state index in [0.29, 0.717) is 39.5 Å². The summed E-state index contributed by atoms with van der Waals surface area (Å²) in [6.45, 7) is 0.208. The highest BCUT2D eigenvalue weighted by Gasteiger charge is 2.57. The van der Waals surface area contributed by atoms with Gasteiger partial charge < -0.3 is 21.7 Å². The number of unbranched alkanes of at least 4 members (excludes halogenated alkanes) is 2. The Balaban J connectivity index is 0.000000984. The number of benzene rings is 2. The Morgan fingerprint density at radius 3 is 1.18 bits per heavy atom. The topological polar surface area (TPSA) is 184 Å². The molecular weight excluding hydrogens is 940 g/mol. The number of aliphatic carboxylic acids is 2. The van der Waals surface area contributed by atoms with Crippen LogP contribution in [-0.4, -0.2) is 88.3 Å². The molecule has 0 bridgehead atoms. The van der Waals surface area contributed by atoms with Crippen molar-refractivity contribution in [2.24, 2.45) is 16.9 Å². The van der Waals surface area contributed by atoms with Crippen molar-refractivity contribution in [3.05, 3.63) is 67.6 Å². The molecule has 6 N–H and O–H groups in total. The van der Waals surface area contributed by atoms with E-state index in [1.165, 1.54) is 0 Å². The molecular formula is C32H32Br2F12N4O7. The van der Waals surface area contributed by atoms with Crippen molar-refractivity contribution in [3.8, 4) is 0 Å². The summed E-state index contributed by atoms with van der Waals surface area (Å²) in [6, 6.07) is 4.90. The van der Waals surface area contributed by atoms with E-state index in [2.05, 4.69) is 31.9 Å². The summed E-state index contributed by atoms with van der Waals surface area (Å²) in [5.41, 5.74) is 5.59. The number of carbonyl (C=O) groups is 5. The normalized spacial score (nSPS) is 14.8. The van der Waals surface area contributed by atoms with Crippen LogP contribution in [0.15, 0.2) is 45.3 Å². The maximum absolute atomic E-state index is 14.2. The second kappa shape index (κ2) is 20.6. The molecule has 3 rings (SSSR count). The lowest BCUT2D eigenvalue weighted by Crippen LogP contribution is -2.66. The second-order valence-corrected chi connectivity index (χ2v) is 13.8. The number of amides is 4. The molecule has 57 heavy (non-hydrogen) atoms. The quantitative estimate of drug-likeness (QED) is 0.0948. The lowest BCUT2D eigenvalue weighted by atomic mass is 9.72. The summed E-state index contributed by atoms with van der Waals surface area (Å²) in [4.78, 5) is 61.4. The van der Waals surface area contributed by atoms with Gasteiger partial charge in [-0.05, 0) is 99.1 Å². The molecule has 2 aromatic carbocycles. The number of rotatable bonds is 12. The number of hydrogen-bond acceptors (Lipinski definition) is 7. The van der Waals surface area contributed by atoms with E-state index >= 15 is 0 Å². The van der Waals surface area contributed by atoms with Gasteiger partial charge in [-0.25, -0.2) is 14.4 Å². The van der Waals surface area contributed by atoms with Gasteiger partial charge >= 0.3 is 42.7 Å². The summed E-state index contributed by atoms with van der Waals surface area (Å²) in [5.74, 6) is -7.52. The van der Waals surface area contributed by atoms with Gasteiger partial charge in [-0.15, -0.1) is 0 Å². The first-order chi connectivity index (χ1) is 25.9. The van der Waals surface area contributed by atoms with Crippen LogP contribution in [0.3, 0.4) is 0 Å². The Labute approximate surface area is 331 Å². The number of carboxylic acid groups (broad SMARTS) is 2. The Bertz CT molecular complexity index is 1650. The number of halogens is 14. The van der Waals surface area contributed by atoms with E-state index in [0.717, 1.165) is 9.80 Å². The van der Waals surface area contributed by atoms with E-state index < -0.39 is 89.4 Å². The van der Waals surface area contributed by atoms with Crippen molar-refractivity contribution in [3.63, 3.8) is 0 Å². The Morgan fingerprint density at radius 1 is 0.579 bits per heavy atom. The zero-order chi connectivity index (χ0) is 44.3. The van der Waals surface area contributed by atoms with Gasteiger partial charge in [0.1, 0.15) is 5.41 Å². The SMILES string of the molecule is NCCCCN1C(=O)N(CCCCN)C(=O)C(Cc2cc(Br)cc(Br)c2)(Cc2cc(C(F)(F)F)cc(C(F)(F)F)c2)C1=O.O=C(O)C(F)(F)F.O=C(O)C(F)(F)F. The fraction of sp³-hybridized carbons (Fsp3) is 0.469. The third kappa shape index (κ3) is 15.4. The average Bonchev–Trinajstić information content (AvgIpc) is 3.05. The fourth-order valence-electron chi connectivity index (χ4n) is 5.05. The molecule has 25 heteroatoms. The maximum atomic E-state index is 14.2. The number of alkyl halides is 12. The number of nitrogens with zero attached hydrogens (tertiary/aromatic N) is 2. The number of barbiturate groups is 1. The van der Waals surface area contributed by atoms with Crippen LogP contribution in [0.1, 0.15) is 47.9 Å². The molecule has 0 spiro atoms. The molecule has 1 heterocycles. The van der Waals surface area contributed by atoms with Gasteiger partial charge in [0, 0.05) is 22.0 Å². The molecule has 0 saturated carbocycles. The highest BCUT2D eigenvalue weighted by Crippen LogP contribution is 2.42. The van der Waals surface area contributed by atoms with Crippen molar-refractivity contribution < 1.29 is 86.9 Å². The molecule has 1 aliphatic rings. The molecule has 320 valence electrons. The number of carbonyl (C=O) groups excluding carboxylic acids is 3. The molecule has 1 fully saturated rings. The summed E-state index contributed by atoms with van der Waals surface area (Å²) in [6.07, 6.45) is -20.3. The van der Waals surface area contributed by atoms with E-state index in [-0.39, 0.29) is 45.1 Å². The molecule has 0 unspecified atom stereocenters. The fourth-order valence-corrected chi connectivity index (χ4v) is 6.44. The third-order valence-electron chi connectivity index (χ3n) is 7.51. The maximum Gasteiger partial charge on any atom is 0.490 e. The summed E-state index contributed by atoms with van der Waals surface area (Å²) >= 11 is 6.65. The molecule has 1 saturated heterocycles. The van der Waals surface area contributed by atoms with Gasteiger partial charge in [-0.1, -0.05) is 31.9 Å². The number of hydrogen-bond donors (Lipinski definition) is 4. The highest BCUT2D eigenvalue weighted by molar-refractivity contribution is 9.11. The zero-order valence-electron chi connectivity index (χ0n) is 28.8. The number of carboxylic acids is 2. The predicted molar refractivity (Wildman–Crippen MR) is 181 cm³/mol. The Hall–Kier alpha value is -3.97. The minimum atomic E-state index is -5.14.